The first kappa shape index (κ1) is 25.5. The molecule has 33 heavy (non-hydrogen) atoms. The number of carbonyl (C=O) groups excluding carboxylic acids is 2. The van der Waals surface area contributed by atoms with Gasteiger partial charge in [-0.1, -0.05) is 32.9 Å². The van der Waals surface area contributed by atoms with Gasteiger partial charge in [0.25, 0.3) is 0 Å². The molecule has 2 saturated heterocycles. The van der Waals surface area contributed by atoms with Crippen molar-refractivity contribution in [2.45, 2.75) is 59.0 Å². The van der Waals surface area contributed by atoms with E-state index in [9.17, 15) is 9.59 Å². The van der Waals surface area contributed by atoms with Crippen LogP contribution in [0.1, 0.15) is 52.0 Å². The monoisotopic (exact) mass is 459 g/mol. The number of likely N-dealkylation sites (tertiary alicyclic amines) is 1. The summed E-state index contributed by atoms with van der Waals surface area (Å²) in [6.07, 6.45) is 3.60. The van der Waals surface area contributed by atoms with E-state index in [1.54, 1.807) is 0 Å². The van der Waals surface area contributed by atoms with Gasteiger partial charge < -0.3 is 19.7 Å². The van der Waals surface area contributed by atoms with E-state index in [0.717, 1.165) is 56.8 Å². The maximum absolute atomic E-state index is 12.7. The van der Waals surface area contributed by atoms with Crippen LogP contribution in [0, 0.1) is 11.3 Å². The molecule has 2 amide bonds. The number of nitrogens with one attached hydrogen (secondary N) is 1. The molecule has 7 nitrogen and oxygen atoms in total. The Morgan fingerprint density at radius 2 is 1.85 bits per heavy atom. The first-order valence-corrected chi connectivity index (χ1v) is 12.3. The fourth-order valence-corrected chi connectivity index (χ4v) is 4.51. The van der Waals surface area contributed by atoms with E-state index in [2.05, 4.69) is 17.3 Å². The number of nitrogens with zero attached hydrogens (tertiary/aromatic N) is 2. The Balaban J connectivity index is 1.38. The second-order valence-electron chi connectivity index (χ2n) is 10.4. The Morgan fingerprint density at radius 1 is 1.15 bits per heavy atom. The molecule has 2 aliphatic rings. The predicted octanol–water partition coefficient (Wildman–Crippen LogP) is 3.08. The van der Waals surface area contributed by atoms with Crippen molar-refractivity contribution in [3.05, 3.63) is 29.8 Å². The molecule has 2 fully saturated rings. The molecule has 1 aromatic carbocycles. The molecule has 0 saturated carbocycles. The molecule has 0 radical (unpaired) electrons. The second kappa shape index (κ2) is 11.8. The number of benzene rings is 1. The van der Waals surface area contributed by atoms with Gasteiger partial charge in [0, 0.05) is 56.8 Å². The third-order valence-electron chi connectivity index (χ3n) is 6.69. The number of rotatable bonds is 8. The molecule has 0 spiro atoms. The first-order valence-electron chi connectivity index (χ1n) is 12.3. The van der Waals surface area contributed by atoms with Gasteiger partial charge in [-0.05, 0) is 50.4 Å². The number of hydrogen-bond acceptors (Lipinski definition) is 5. The largest absolute Gasteiger partial charge is 0.492 e. The van der Waals surface area contributed by atoms with Crippen LogP contribution in [0.5, 0.6) is 5.75 Å². The average molecular weight is 460 g/mol. The van der Waals surface area contributed by atoms with E-state index in [1.165, 1.54) is 0 Å². The highest BCUT2D eigenvalue weighted by Crippen LogP contribution is 2.24. The van der Waals surface area contributed by atoms with Crippen LogP contribution in [-0.2, 0) is 20.9 Å². The van der Waals surface area contributed by atoms with Gasteiger partial charge in [0.05, 0.1) is 0 Å². The van der Waals surface area contributed by atoms with Crippen molar-refractivity contribution in [2.24, 2.45) is 11.3 Å². The van der Waals surface area contributed by atoms with E-state index < -0.39 is 0 Å². The molecule has 1 aromatic rings. The molecule has 0 bridgehead atoms. The third kappa shape index (κ3) is 7.71. The van der Waals surface area contributed by atoms with Crippen LogP contribution >= 0.6 is 0 Å². The highest BCUT2D eigenvalue weighted by Gasteiger charge is 2.32. The average Bonchev–Trinajstić information content (AvgIpc) is 2.82. The molecule has 0 unspecified atom stereocenters. The summed E-state index contributed by atoms with van der Waals surface area (Å²) >= 11 is 0. The molecule has 1 N–H and O–H groups in total. The minimum atomic E-state index is -0.373. The van der Waals surface area contributed by atoms with Gasteiger partial charge in [-0.25, -0.2) is 0 Å². The second-order valence-corrected chi connectivity index (χ2v) is 10.4. The zero-order valence-corrected chi connectivity index (χ0v) is 20.8. The standard InChI is InChI=1S/C26H41N3O4/c1-26(2,3)25(31)29-12-8-21(9-13-29)24(30)27-19-20-6-5-7-23(18-20)33-17-14-28(4)22-10-15-32-16-11-22/h5-7,18,21-22H,8-17,19H2,1-4H3,(H,27,30). The summed E-state index contributed by atoms with van der Waals surface area (Å²) < 4.78 is 11.4. The molecule has 0 aliphatic carbocycles. The topological polar surface area (TPSA) is 71.1 Å². The lowest BCUT2D eigenvalue weighted by Crippen LogP contribution is -2.46. The first-order chi connectivity index (χ1) is 15.7. The molecule has 2 heterocycles. The number of likely N-dealkylation sites (N-methyl/N-ethyl adjacent to an activating group) is 1. The molecule has 2 aliphatic heterocycles. The van der Waals surface area contributed by atoms with E-state index >= 15 is 0 Å². The van der Waals surface area contributed by atoms with Crippen LogP contribution in [0.2, 0.25) is 0 Å². The van der Waals surface area contributed by atoms with Gasteiger partial charge in [0.1, 0.15) is 12.4 Å². The van der Waals surface area contributed by atoms with Gasteiger partial charge in [-0.3, -0.25) is 14.5 Å². The number of carbonyl (C=O) groups is 2. The number of ether oxygens (including phenoxy) is 2. The summed E-state index contributed by atoms with van der Waals surface area (Å²) in [7, 11) is 2.15. The van der Waals surface area contributed by atoms with Crippen molar-refractivity contribution in [1.29, 1.82) is 0 Å². The van der Waals surface area contributed by atoms with Crippen LogP contribution < -0.4 is 10.1 Å². The zero-order chi connectivity index (χ0) is 23.8. The number of hydrogen-bond donors (Lipinski definition) is 1. The van der Waals surface area contributed by atoms with Crippen LogP contribution in [0.15, 0.2) is 24.3 Å². The zero-order valence-electron chi connectivity index (χ0n) is 20.8. The Bertz CT molecular complexity index is 778. The molecule has 0 aromatic heterocycles. The van der Waals surface area contributed by atoms with Gasteiger partial charge in [-0.2, -0.15) is 0 Å². The summed E-state index contributed by atoms with van der Waals surface area (Å²) in [4.78, 5) is 29.4. The van der Waals surface area contributed by atoms with Crippen molar-refractivity contribution in [3.8, 4) is 5.75 Å². The summed E-state index contributed by atoms with van der Waals surface area (Å²) in [5.74, 6) is 1.03. The van der Waals surface area contributed by atoms with Crippen molar-refractivity contribution < 1.29 is 19.1 Å². The van der Waals surface area contributed by atoms with Gasteiger partial charge in [-0.15, -0.1) is 0 Å². The Hall–Kier alpha value is -2.12. The Labute approximate surface area is 198 Å². The van der Waals surface area contributed by atoms with Gasteiger partial charge >= 0.3 is 0 Å². The van der Waals surface area contributed by atoms with Crippen molar-refractivity contribution >= 4 is 11.8 Å². The quantitative estimate of drug-likeness (QED) is 0.647. The van der Waals surface area contributed by atoms with Crippen LogP contribution in [0.4, 0.5) is 0 Å². The minimum absolute atomic E-state index is 0.0332. The maximum Gasteiger partial charge on any atom is 0.227 e. The lowest BCUT2D eigenvalue weighted by molar-refractivity contribution is -0.142. The van der Waals surface area contributed by atoms with E-state index in [-0.39, 0.29) is 23.1 Å². The molecule has 184 valence electrons. The van der Waals surface area contributed by atoms with Crippen LogP contribution in [0.25, 0.3) is 0 Å². The van der Waals surface area contributed by atoms with Crippen LogP contribution in [0.3, 0.4) is 0 Å². The molecule has 0 atom stereocenters. The summed E-state index contributed by atoms with van der Waals surface area (Å²) in [5, 5.41) is 3.07. The van der Waals surface area contributed by atoms with Gasteiger partial charge in [0.15, 0.2) is 0 Å². The Morgan fingerprint density at radius 3 is 2.52 bits per heavy atom. The van der Waals surface area contributed by atoms with E-state index in [1.807, 2.05) is 49.9 Å². The fourth-order valence-electron chi connectivity index (χ4n) is 4.51. The van der Waals surface area contributed by atoms with Crippen molar-refractivity contribution in [3.63, 3.8) is 0 Å². The minimum Gasteiger partial charge on any atom is -0.492 e. The lowest BCUT2D eigenvalue weighted by Gasteiger charge is -2.35. The number of amides is 2. The fraction of sp³-hybridized carbons (Fsp3) is 0.692. The highest BCUT2D eigenvalue weighted by atomic mass is 16.5. The highest BCUT2D eigenvalue weighted by molar-refractivity contribution is 5.82. The Kier molecular flexibility index (Phi) is 9.15. The normalized spacial score (nSPS) is 18.4. The lowest BCUT2D eigenvalue weighted by atomic mass is 9.90. The van der Waals surface area contributed by atoms with Crippen molar-refractivity contribution in [1.82, 2.24) is 15.1 Å². The third-order valence-corrected chi connectivity index (χ3v) is 6.69. The summed E-state index contributed by atoms with van der Waals surface area (Å²) in [6.45, 7) is 10.8. The molecular weight excluding hydrogens is 418 g/mol. The molecule has 7 heteroatoms. The molecule has 3 rings (SSSR count). The van der Waals surface area contributed by atoms with Crippen molar-refractivity contribution in [2.75, 3.05) is 46.5 Å². The summed E-state index contributed by atoms with van der Waals surface area (Å²) in [5.41, 5.74) is 0.654. The predicted molar refractivity (Wildman–Crippen MR) is 129 cm³/mol. The maximum atomic E-state index is 12.7. The smallest absolute Gasteiger partial charge is 0.227 e. The van der Waals surface area contributed by atoms with Gasteiger partial charge in [0.2, 0.25) is 11.8 Å². The SMILES string of the molecule is CN(CCOc1cccc(CNC(=O)C2CCN(C(=O)C(C)(C)C)CC2)c1)C1CCOCC1. The van der Waals surface area contributed by atoms with E-state index in [4.69, 9.17) is 9.47 Å². The van der Waals surface area contributed by atoms with E-state index in [0.29, 0.717) is 32.3 Å². The summed E-state index contributed by atoms with van der Waals surface area (Å²) in [6, 6.07) is 8.50. The van der Waals surface area contributed by atoms with Crippen LogP contribution in [-0.4, -0.2) is 74.2 Å². The molecular formula is C26H41N3O4. The number of piperidine rings is 1.